The molecule has 0 bridgehead atoms. The Bertz CT molecular complexity index is 669. The standard InChI is InChI=1S/C18H19N3O2/c19-17(22)11-13-21(14-15-6-2-1-3-7-15)18(23)10-9-16-8-4-5-12-20-16/h1-10,12H,11,13-14H2,(H2,19,22). The molecule has 5 heteroatoms. The third kappa shape index (κ3) is 5.74. The number of nitrogens with two attached hydrogens (primary N) is 1. The van der Waals surface area contributed by atoms with Gasteiger partial charge in [-0.25, -0.2) is 0 Å². The fraction of sp³-hybridized carbons (Fsp3) is 0.167. The van der Waals surface area contributed by atoms with Crippen molar-refractivity contribution in [1.29, 1.82) is 0 Å². The van der Waals surface area contributed by atoms with Crippen molar-refractivity contribution in [2.75, 3.05) is 6.54 Å². The summed E-state index contributed by atoms with van der Waals surface area (Å²) in [4.78, 5) is 29.1. The maximum Gasteiger partial charge on any atom is 0.246 e. The van der Waals surface area contributed by atoms with Crippen LogP contribution < -0.4 is 5.73 Å². The fourth-order valence-corrected chi connectivity index (χ4v) is 2.05. The quantitative estimate of drug-likeness (QED) is 0.795. The van der Waals surface area contributed by atoms with Crippen molar-refractivity contribution in [2.24, 2.45) is 5.73 Å². The van der Waals surface area contributed by atoms with Gasteiger partial charge in [-0.2, -0.15) is 0 Å². The molecule has 0 spiro atoms. The summed E-state index contributed by atoms with van der Waals surface area (Å²) in [5.74, 6) is -0.606. The minimum Gasteiger partial charge on any atom is -0.370 e. The molecule has 0 aliphatic carbocycles. The maximum absolute atomic E-state index is 12.4. The van der Waals surface area contributed by atoms with Crippen LogP contribution in [-0.4, -0.2) is 28.2 Å². The molecule has 0 fully saturated rings. The topological polar surface area (TPSA) is 76.3 Å². The van der Waals surface area contributed by atoms with Gasteiger partial charge in [0.15, 0.2) is 0 Å². The molecule has 0 unspecified atom stereocenters. The molecule has 2 rings (SSSR count). The first-order valence-corrected chi connectivity index (χ1v) is 7.35. The van der Waals surface area contributed by atoms with Gasteiger partial charge in [0.25, 0.3) is 0 Å². The lowest BCUT2D eigenvalue weighted by Gasteiger charge is -2.20. The third-order valence-electron chi connectivity index (χ3n) is 3.24. The molecular weight excluding hydrogens is 290 g/mol. The van der Waals surface area contributed by atoms with E-state index in [2.05, 4.69) is 4.98 Å². The Balaban J connectivity index is 2.07. The highest BCUT2D eigenvalue weighted by Crippen LogP contribution is 2.07. The molecular formula is C18H19N3O2. The summed E-state index contributed by atoms with van der Waals surface area (Å²) in [6, 6.07) is 15.1. The molecule has 2 N–H and O–H groups in total. The van der Waals surface area contributed by atoms with Crippen LogP contribution in [-0.2, 0) is 16.1 Å². The van der Waals surface area contributed by atoms with Gasteiger partial charge in [-0.3, -0.25) is 14.6 Å². The number of hydrogen-bond donors (Lipinski definition) is 1. The molecule has 1 aromatic heterocycles. The molecule has 0 atom stereocenters. The molecule has 23 heavy (non-hydrogen) atoms. The largest absolute Gasteiger partial charge is 0.370 e. The number of carbonyl (C=O) groups excluding carboxylic acids is 2. The minimum atomic E-state index is -0.426. The van der Waals surface area contributed by atoms with E-state index in [1.165, 1.54) is 6.08 Å². The number of pyridine rings is 1. The van der Waals surface area contributed by atoms with E-state index >= 15 is 0 Å². The summed E-state index contributed by atoms with van der Waals surface area (Å²) in [5, 5.41) is 0. The smallest absolute Gasteiger partial charge is 0.246 e. The zero-order chi connectivity index (χ0) is 16.5. The molecule has 118 valence electrons. The fourth-order valence-electron chi connectivity index (χ4n) is 2.05. The van der Waals surface area contributed by atoms with Crippen molar-refractivity contribution >= 4 is 17.9 Å². The predicted octanol–water partition coefficient (Wildman–Crippen LogP) is 2.00. The van der Waals surface area contributed by atoms with Crippen LogP contribution in [0.25, 0.3) is 6.08 Å². The second-order valence-corrected chi connectivity index (χ2v) is 5.05. The Hall–Kier alpha value is -2.95. The van der Waals surface area contributed by atoms with E-state index < -0.39 is 5.91 Å². The van der Waals surface area contributed by atoms with Gasteiger partial charge < -0.3 is 10.6 Å². The first-order chi connectivity index (χ1) is 11.1. The van der Waals surface area contributed by atoms with Gasteiger partial charge in [0, 0.05) is 31.8 Å². The Morgan fingerprint density at radius 1 is 1.09 bits per heavy atom. The summed E-state index contributed by atoms with van der Waals surface area (Å²) in [6.45, 7) is 0.717. The van der Waals surface area contributed by atoms with Crippen molar-refractivity contribution in [3.8, 4) is 0 Å². The Labute approximate surface area is 135 Å². The van der Waals surface area contributed by atoms with Gasteiger partial charge in [-0.15, -0.1) is 0 Å². The summed E-state index contributed by atoms with van der Waals surface area (Å²) < 4.78 is 0. The van der Waals surface area contributed by atoms with Crippen LogP contribution in [0.4, 0.5) is 0 Å². The van der Waals surface area contributed by atoms with Crippen LogP contribution in [0.1, 0.15) is 17.7 Å². The van der Waals surface area contributed by atoms with Crippen LogP contribution in [0.3, 0.4) is 0 Å². The Morgan fingerprint density at radius 2 is 1.83 bits per heavy atom. The number of rotatable bonds is 7. The first-order valence-electron chi connectivity index (χ1n) is 7.35. The van der Waals surface area contributed by atoms with Gasteiger partial charge >= 0.3 is 0 Å². The average molecular weight is 309 g/mol. The van der Waals surface area contributed by atoms with Gasteiger partial charge in [0.05, 0.1) is 5.69 Å². The van der Waals surface area contributed by atoms with Crippen molar-refractivity contribution < 1.29 is 9.59 Å². The maximum atomic E-state index is 12.4. The average Bonchev–Trinajstić information content (AvgIpc) is 2.58. The van der Waals surface area contributed by atoms with E-state index in [1.54, 1.807) is 17.2 Å². The van der Waals surface area contributed by atoms with E-state index in [0.29, 0.717) is 12.2 Å². The van der Waals surface area contributed by atoms with Crippen molar-refractivity contribution in [3.05, 3.63) is 72.1 Å². The molecule has 2 aromatic rings. The number of carbonyl (C=O) groups is 2. The highest BCUT2D eigenvalue weighted by atomic mass is 16.2. The number of benzene rings is 1. The number of nitrogens with zero attached hydrogens (tertiary/aromatic N) is 2. The number of amides is 2. The predicted molar refractivity (Wildman–Crippen MR) is 88.9 cm³/mol. The Morgan fingerprint density at radius 3 is 2.48 bits per heavy atom. The van der Waals surface area contributed by atoms with E-state index in [9.17, 15) is 9.59 Å². The zero-order valence-electron chi connectivity index (χ0n) is 12.8. The summed E-state index contributed by atoms with van der Waals surface area (Å²) in [5.41, 5.74) is 6.90. The highest BCUT2D eigenvalue weighted by Gasteiger charge is 2.12. The van der Waals surface area contributed by atoms with Gasteiger partial charge in [-0.05, 0) is 23.8 Å². The Kier molecular flexibility index (Phi) is 6.06. The van der Waals surface area contributed by atoms with E-state index in [0.717, 1.165) is 5.56 Å². The number of primary amides is 1. The molecule has 0 saturated heterocycles. The van der Waals surface area contributed by atoms with Gasteiger partial charge in [-0.1, -0.05) is 36.4 Å². The molecule has 0 aliphatic rings. The van der Waals surface area contributed by atoms with Crippen LogP contribution in [0.15, 0.2) is 60.8 Å². The van der Waals surface area contributed by atoms with Gasteiger partial charge in [0.2, 0.25) is 11.8 Å². The van der Waals surface area contributed by atoms with Crippen molar-refractivity contribution in [1.82, 2.24) is 9.88 Å². The molecule has 0 radical (unpaired) electrons. The highest BCUT2D eigenvalue weighted by molar-refractivity contribution is 5.91. The molecule has 0 aliphatic heterocycles. The van der Waals surface area contributed by atoms with Crippen LogP contribution >= 0.6 is 0 Å². The van der Waals surface area contributed by atoms with Crippen LogP contribution in [0.5, 0.6) is 0 Å². The minimum absolute atomic E-state index is 0.135. The monoisotopic (exact) mass is 309 g/mol. The summed E-state index contributed by atoms with van der Waals surface area (Å²) in [7, 11) is 0. The van der Waals surface area contributed by atoms with Crippen molar-refractivity contribution in [2.45, 2.75) is 13.0 Å². The van der Waals surface area contributed by atoms with Gasteiger partial charge in [0.1, 0.15) is 0 Å². The first kappa shape index (κ1) is 16.4. The SMILES string of the molecule is NC(=O)CCN(Cc1ccccc1)C(=O)C=Cc1ccccn1. The summed E-state index contributed by atoms with van der Waals surface area (Å²) in [6.07, 6.45) is 4.92. The molecule has 5 nitrogen and oxygen atoms in total. The lowest BCUT2D eigenvalue weighted by molar-refractivity contribution is -0.127. The van der Waals surface area contributed by atoms with Crippen LogP contribution in [0, 0.1) is 0 Å². The van der Waals surface area contributed by atoms with Crippen molar-refractivity contribution in [3.63, 3.8) is 0 Å². The molecule has 1 heterocycles. The van der Waals surface area contributed by atoms with E-state index in [1.807, 2.05) is 48.5 Å². The van der Waals surface area contributed by atoms with Crippen LogP contribution in [0.2, 0.25) is 0 Å². The number of hydrogen-bond acceptors (Lipinski definition) is 3. The number of aromatic nitrogens is 1. The zero-order valence-corrected chi connectivity index (χ0v) is 12.8. The second-order valence-electron chi connectivity index (χ2n) is 5.05. The molecule has 2 amide bonds. The molecule has 1 aromatic carbocycles. The summed E-state index contributed by atoms with van der Waals surface area (Å²) >= 11 is 0. The lowest BCUT2D eigenvalue weighted by atomic mass is 10.2. The lowest BCUT2D eigenvalue weighted by Crippen LogP contribution is -2.32. The molecule has 0 saturated carbocycles. The van der Waals surface area contributed by atoms with E-state index in [4.69, 9.17) is 5.73 Å². The second kappa shape index (κ2) is 8.48. The van der Waals surface area contributed by atoms with E-state index in [-0.39, 0.29) is 18.9 Å². The third-order valence-corrected chi connectivity index (χ3v) is 3.24. The normalized spacial score (nSPS) is 10.6.